The second-order valence-electron chi connectivity index (χ2n) is 5.69. The molecule has 0 aromatic heterocycles. The Morgan fingerprint density at radius 1 is 1.50 bits per heavy atom. The highest BCUT2D eigenvalue weighted by atomic mass is 35.5. The summed E-state index contributed by atoms with van der Waals surface area (Å²) in [5.74, 6) is 0.466. The summed E-state index contributed by atoms with van der Waals surface area (Å²) < 4.78 is 5.25. The molecule has 1 atom stereocenters. The number of nitro benzene ring substituents is 1. The van der Waals surface area contributed by atoms with Crippen LogP contribution in [0.4, 0.5) is 5.69 Å². The SMILES string of the molecule is CCOc1ccc(C(=O)N2CCCC(CNC)C2)cc1[N+](=O)[O-].Cl. The molecule has 1 aromatic carbocycles. The summed E-state index contributed by atoms with van der Waals surface area (Å²) in [5, 5.41) is 14.3. The molecule has 1 saturated heterocycles. The van der Waals surface area contributed by atoms with Gasteiger partial charge in [-0.15, -0.1) is 12.4 Å². The third kappa shape index (κ3) is 4.82. The van der Waals surface area contributed by atoms with Crippen molar-refractivity contribution in [3.8, 4) is 5.75 Å². The van der Waals surface area contributed by atoms with E-state index in [4.69, 9.17) is 4.74 Å². The molecule has 0 radical (unpaired) electrons. The van der Waals surface area contributed by atoms with E-state index in [1.165, 1.54) is 12.1 Å². The van der Waals surface area contributed by atoms with Crippen molar-refractivity contribution < 1.29 is 14.5 Å². The van der Waals surface area contributed by atoms with Crippen LogP contribution in [0.2, 0.25) is 0 Å². The maximum Gasteiger partial charge on any atom is 0.311 e. The number of hydrogen-bond acceptors (Lipinski definition) is 5. The molecule has 1 unspecified atom stereocenters. The van der Waals surface area contributed by atoms with Gasteiger partial charge in [0.05, 0.1) is 11.5 Å². The van der Waals surface area contributed by atoms with Gasteiger partial charge in [-0.25, -0.2) is 0 Å². The van der Waals surface area contributed by atoms with Gasteiger partial charge in [0.2, 0.25) is 0 Å². The van der Waals surface area contributed by atoms with Gasteiger partial charge in [-0.2, -0.15) is 0 Å². The van der Waals surface area contributed by atoms with Crippen LogP contribution in [0.25, 0.3) is 0 Å². The van der Waals surface area contributed by atoms with Gasteiger partial charge in [0, 0.05) is 24.7 Å². The summed E-state index contributed by atoms with van der Waals surface area (Å²) >= 11 is 0. The van der Waals surface area contributed by atoms with Crippen LogP contribution in [-0.4, -0.2) is 49.0 Å². The first kappa shape index (κ1) is 20.2. The molecule has 2 rings (SSSR count). The van der Waals surface area contributed by atoms with Crippen molar-refractivity contribution in [3.63, 3.8) is 0 Å². The van der Waals surface area contributed by atoms with E-state index >= 15 is 0 Å². The van der Waals surface area contributed by atoms with Crippen LogP contribution < -0.4 is 10.1 Å². The zero-order valence-corrected chi connectivity index (χ0v) is 14.8. The van der Waals surface area contributed by atoms with E-state index < -0.39 is 4.92 Å². The molecule has 1 fully saturated rings. The molecular formula is C16H24ClN3O4. The van der Waals surface area contributed by atoms with E-state index in [-0.39, 0.29) is 29.8 Å². The van der Waals surface area contributed by atoms with Gasteiger partial charge in [-0.3, -0.25) is 14.9 Å². The molecule has 1 aliphatic heterocycles. The first-order chi connectivity index (χ1) is 11.1. The van der Waals surface area contributed by atoms with Gasteiger partial charge in [-0.1, -0.05) is 0 Å². The minimum atomic E-state index is -0.512. The standard InChI is InChI=1S/C16H23N3O4.ClH/c1-3-23-15-7-6-13(9-14(15)19(21)22)16(20)18-8-4-5-12(11-18)10-17-2;/h6-7,9,12,17H,3-5,8,10-11H2,1-2H3;1H. The second kappa shape index (κ2) is 9.44. The van der Waals surface area contributed by atoms with Crippen molar-refractivity contribution in [1.29, 1.82) is 0 Å². The Hall–Kier alpha value is -1.86. The number of piperidine rings is 1. The molecule has 1 heterocycles. The number of amides is 1. The first-order valence-corrected chi connectivity index (χ1v) is 7.92. The Morgan fingerprint density at radius 3 is 2.88 bits per heavy atom. The number of carbonyl (C=O) groups excluding carboxylic acids is 1. The smallest absolute Gasteiger partial charge is 0.311 e. The van der Waals surface area contributed by atoms with Gasteiger partial charge >= 0.3 is 5.69 Å². The molecule has 24 heavy (non-hydrogen) atoms. The van der Waals surface area contributed by atoms with Crippen LogP contribution in [0.3, 0.4) is 0 Å². The number of hydrogen-bond donors (Lipinski definition) is 1. The largest absolute Gasteiger partial charge is 0.487 e. The fraction of sp³-hybridized carbons (Fsp3) is 0.562. The Balaban J connectivity index is 0.00000288. The maximum atomic E-state index is 12.6. The lowest BCUT2D eigenvalue weighted by Gasteiger charge is -2.32. The van der Waals surface area contributed by atoms with E-state index in [2.05, 4.69) is 5.32 Å². The fourth-order valence-corrected chi connectivity index (χ4v) is 2.96. The maximum absolute atomic E-state index is 12.6. The zero-order chi connectivity index (χ0) is 16.8. The number of benzene rings is 1. The lowest BCUT2D eigenvalue weighted by molar-refractivity contribution is -0.385. The lowest BCUT2D eigenvalue weighted by Crippen LogP contribution is -2.42. The summed E-state index contributed by atoms with van der Waals surface area (Å²) in [6, 6.07) is 4.42. The molecule has 1 aliphatic rings. The second-order valence-corrected chi connectivity index (χ2v) is 5.69. The van der Waals surface area contributed by atoms with Crippen LogP contribution in [0.15, 0.2) is 18.2 Å². The van der Waals surface area contributed by atoms with Crippen LogP contribution in [0.5, 0.6) is 5.75 Å². The highest BCUT2D eigenvalue weighted by Crippen LogP contribution is 2.29. The first-order valence-electron chi connectivity index (χ1n) is 7.92. The molecule has 1 N–H and O–H groups in total. The Morgan fingerprint density at radius 2 is 2.25 bits per heavy atom. The number of nitrogens with zero attached hydrogens (tertiary/aromatic N) is 2. The minimum Gasteiger partial charge on any atom is -0.487 e. The van der Waals surface area contributed by atoms with Crippen molar-refractivity contribution in [2.24, 2.45) is 5.92 Å². The zero-order valence-electron chi connectivity index (χ0n) is 14.0. The highest BCUT2D eigenvalue weighted by Gasteiger charge is 2.26. The molecule has 1 aromatic rings. The van der Waals surface area contributed by atoms with Crippen molar-refractivity contribution in [2.75, 3.05) is 33.3 Å². The molecular weight excluding hydrogens is 334 g/mol. The predicted octanol–water partition coefficient (Wildman–Crippen LogP) is 2.49. The highest BCUT2D eigenvalue weighted by molar-refractivity contribution is 5.95. The number of halogens is 1. The summed E-state index contributed by atoms with van der Waals surface area (Å²) in [6.45, 7) is 4.35. The van der Waals surface area contributed by atoms with E-state index in [1.54, 1.807) is 17.9 Å². The van der Waals surface area contributed by atoms with Gasteiger partial charge in [-0.05, 0) is 51.4 Å². The van der Waals surface area contributed by atoms with E-state index in [1.807, 2.05) is 7.05 Å². The van der Waals surface area contributed by atoms with Crippen LogP contribution in [-0.2, 0) is 0 Å². The Labute approximate surface area is 147 Å². The number of likely N-dealkylation sites (tertiary alicyclic amines) is 1. The average molecular weight is 358 g/mol. The van der Waals surface area contributed by atoms with Crippen molar-refractivity contribution in [3.05, 3.63) is 33.9 Å². The average Bonchev–Trinajstić information content (AvgIpc) is 2.55. The quantitative estimate of drug-likeness (QED) is 0.624. The fourth-order valence-electron chi connectivity index (χ4n) is 2.96. The molecule has 0 bridgehead atoms. The summed E-state index contributed by atoms with van der Waals surface area (Å²) in [6.07, 6.45) is 2.05. The monoisotopic (exact) mass is 357 g/mol. The third-order valence-corrected chi connectivity index (χ3v) is 4.00. The van der Waals surface area contributed by atoms with Crippen LogP contribution in [0.1, 0.15) is 30.1 Å². The van der Waals surface area contributed by atoms with E-state index in [0.29, 0.717) is 31.2 Å². The lowest BCUT2D eigenvalue weighted by atomic mass is 9.97. The van der Waals surface area contributed by atoms with Gasteiger partial charge in [0.25, 0.3) is 5.91 Å². The molecule has 0 spiro atoms. The number of nitrogens with one attached hydrogen (secondary N) is 1. The number of rotatable bonds is 6. The minimum absolute atomic E-state index is 0. The van der Waals surface area contributed by atoms with Crippen molar-refractivity contribution in [2.45, 2.75) is 19.8 Å². The summed E-state index contributed by atoms with van der Waals surface area (Å²) in [4.78, 5) is 25.1. The van der Waals surface area contributed by atoms with E-state index in [9.17, 15) is 14.9 Å². The van der Waals surface area contributed by atoms with Crippen LogP contribution in [0, 0.1) is 16.0 Å². The van der Waals surface area contributed by atoms with Crippen molar-refractivity contribution >= 4 is 24.0 Å². The Kier molecular flexibility index (Phi) is 7.94. The normalized spacial score (nSPS) is 17.1. The third-order valence-electron chi connectivity index (χ3n) is 4.00. The Bertz CT molecular complexity index is 580. The van der Waals surface area contributed by atoms with Crippen molar-refractivity contribution in [1.82, 2.24) is 10.2 Å². The van der Waals surface area contributed by atoms with Gasteiger partial charge in [0.15, 0.2) is 5.75 Å². The molecule has 134 valence electrons. The molecule has 0 saturated carbocycles. The molecule has 7 nitrogen and oxygen atoms in total. The van der Waals surface area contributed by atoms with E-state index in [0.717, 1.165) is 19.4 Å². The summed E-state index contributed by atoms with van der Waals surface area (Å²) in [5.41, 5.74) is 0.173. The number of ether oxygens (including phenoxy) is 1. The van der Waals surface area contributed by atoms with Crippen LogP contribution >= 0.6 is 12.4 Å². The molecule has 0 aliphatic carbocycles. The predicted molar refractivity (Wildman–Crippen MR) is 94.1 cm³/mol. The van der Waals surface area contributed by atoms with Gasteiger partial charge < -0.3 is 15.0 Å². The number of carbonyl (C=O) groups is 1. The number of nitro groups is 1. The summed E-state index contributed by atoms with van der Waals surface area (Å²) in [7, 11) is 1.90. The van der Waals surface area contributed by atoms with Gasteiger partial charge in [0.1, 0.15) is 0 Å². The molecule has 8 heteroatoms. The molecule has 1 amide bonds. The topological polar surface area (TPSA) is 84.7 Å².